The molecule has 0 heterocycles. The zero-order chi connectivity index (χ0) is 14.6. The van der Waals surface area contributed by atoms with E-state index in [1.165, 1.54) is 18.2 Å². The van der Waals surface area contributed by atoms with E-state index >= 15 is 0 Å². The minimum Gasteiger partial charge on any atom is -0.480 e. The Bertz CT molecular complexity index is 531. The summed E-state index contributed by atoms with van der Waals surface area (Å²) in [5.74, 6) is -1.03. The zero-order valence-corrected chi connectivity index (χ0v) is 11.0. The van der Waals surface area contributed by atoms with Crippen molar-refractivity contribution in [1.82, 2.24) is 0 Å². The molecule has 102 valence electrons. The van der Waals surface area contributed by atoms with Crippen molar-refractivity contribution in [2.75, 3.05) is 5.32 Å². The number of nitro groups is 1. The number of benzene rings is 1. The summed E-state index contributed by atoms with van der Waals surface area (Å²) in [5.41, 5.74) is 0.788. The smallest absolute Gasteiger partial charge is 0.326 e. The van der Waals surface area contributed by atoms with Crippen molar-refractivity contribution in [2.45, 2.75) is 19.4 Å². The quantitative estimate of drug-likeness (QED) is 0.476. The fraction of sp³-hybridized carbons (Fsp3) is 0.250. The number of anilines is 1. The van der Waals surface area contributed by atoms with Gasteiger partial charge in [-0.1, -0.05) is 17.7 Å². The van der Waals surface area contributed by atoms with Crippen LogP contribution in [0.1, 0.15) is 12.0 Å². The lowest BCUT2D eigenvalue weighted by Gasteiger charge is -2.16. The Hall–Kier alpha value is -2.08. The Kier molecular flexibility index (Phi) is 4.88. The van der Waals surface area contributed by atoms with Crippen molar-refractivity contribution < 1.29 is 14.8 Å². The highest BCUT2D eigenvalue weighted by Gasteiger charge is 2.19. The second-order valence-electron chi connectivity index (χ2n) is 3.94. The maximum Gasteiger partial charge on any atom is 0.326 e. The van der Waals surface area contributed by atoms with Crippen LogP contribution >= 0.6 is 11.6 Å². The van der Waals surface area contributed by atoms with E-state index in [1.54, 1.807) is 6.92 Å². The van der Waals surface area contributed by atoms with Crippen molar-refractivity contribution >= 4 is 28.9 Å². The summed E-state index contributed by atoms with van der Waals surface area (Å²) in [5, 5.41) is 22.5. The second-order valence-corrected chi connectivity index (χ2v) is 4.34. The van der Waals surface area contributed by atoms with Crippen LogP contribution in [0.2, 0.25) is 5.02 Å². The van der Waals surface area contributed by atoms with Crippen LogP contribution in [0, 0.1) is 17.0 Å². The van der Waals surface area contributed by atoms with Gasteiger partial charge in [0.05, 0.1) is 4.92 Å². The summed E-state index contributed by atoms with van der Waals surface area (Å²) in [6.45, 7) is 5.12. The van der Waals surface area contributed by atoms with Crippen molar-refractivity contribution in [3.05, 3.63) is 45.5 Å². The summed E-state index contributed by atoms with van der Waals surface area (Å²) in [6.07, 6.45) is 1.71. The monoisotopic (exact) mass is 284 g/mol. The molecule has 7 heteroatoms. The molecule has 1 aromatic rings. The molecule has 1 rings (SSSR count). The molecule has 1 aromatic carbocycles. The Morgan fingerprint density at radius 1 is 1.68 bits per heavy atom. The Morgan fingerprint density at radius 2 is 2.32 bits per heavy atom. The number of hydrogen-bond donors (Lipinski definition) is 2. The fourth-order valence-electron chi connectivity index (χ4n) is 1.54. The van der Waals surface area contributed by atoms with E-state index < -0.39 is 16.9 Å². The number of nitro benzene ring substituents is 1. The predicted octanol–water partition coefficient (Wildman–Crippen LogP) is 3.00. The van der Waals surface area contributed by atoms with Gasteiger partial charge in [-0.05, 0) is 25.0 Å². The van der Waals surface area contributed by atoms with Crippen molar-refractivity contribution in [1.29, 1.82) is 0 Å². The van der Waals surface area contributed by atoms with Crippen LogP contribution in [-0.4, -0.2) is 22.0 Å². The van der Waals surface area contributed by atoms with Crippen LogP contribution in [0.15, 0.2) is 24.8 Å². The predicted molar refractivity (Wildman–Crippen MR) is 72.7 cm³/mol. The molecule has 0 aliphatic heterocycles. The first-order chi connectivity index (χ1) is 8.86. The van der Waals surface area contributed by atoms with Gasteiger partial charge < -0.3 is 10.4 Å². The van der Waals surface area contributed by atoms with Gasteiger partial charge in [0, 0.05) is 11.8 Å². The summed E-state index contributed by atoms with van der Waals surface area (Å²) >= 11 is 5.79. The average molecular weight is 285 g/mol. The van der Waals surface area contributed by atoms with Gasteiger partial charge in [0.2, 0.25) is 0 Å². The summed E-state index contributed by atoms with van der Waals surface area (Å²) in [4.78, 5) is 21.1. The number of carbonyl (C=O) groups is 1. The van der Waals surface area contributed by atoms with Gasteiger partial charge in [-0.25, -0.2) is 4.79 Å². The highest BCUT2D eigenvalue weighted by molar-refractivity contribution is 6.33. The Morgan fingerprint density at radius 3 is 2.79 bits per heavy atom. The summed E-state index contributed by atoms with van der Waals surface area (Å²) in [7, 11) is 0. The third kappa shape index (κ3) is 3.69. The molecule has 0 radical (unpaired) electrons. The third-order valence-electron chi connectivity index (χ3n) is 2.52. The minimum atomic E-state index is -1.03. The van der Waals surface area contributed by atoms with Crippen LogP contribution in [-0.2, 0) is 4.79 Å². The molecule has 0 amide bonds. The van der Waals surface area contributed by atoms with Crippen molar-refractivity contribution in [3.8, 4) is 0 Å². The standard InChI is InChI=1S/C12H13ClN2O4/c1-3-4-9(12(16)17)14-10-6-8(13)11(15(18)19)5-7(10)2/h3,5-6,9,14H,1,4H2,2H3,(H,16,17). The number of halogens is 1. The summed E-state index contributed by atoms with van der Waals surface area (Å²) < 4.78 is 0. The van der Waals surface area contributed by atoms with E-state index in [4.69, 9.17) is 16.7 Å². The van der Waals surface area contributed by atoms with E-state index in [1.807, 2.05) is 0 Å². The van der Waals surface area contributed by atoms with Gasteiger partial charge >= 0.3 is 5.97 Å². The molecule has 0 bridgehead atoms. The number of carboxylic acid groups (broad SMARTS) is 1. The molecule has 0 spiro atoms. The van der Waals surface area contributed by atoms with Gasteiger partial charge in [-0.3, -0.25) is 10.1 Å². The Labute approximate surface area is 114 Å². The molecular weight excluding hydrogens is 272 g/mol. The van der Waals surface area contributed by atoms with Crippen LogP contribution in [0.3, 0.4) is 0 Å². The van der Waals surface area contributed by atoms with E-state index in [2.05, 4.69) is 11.9 Å². The largest absolute Gasteiger partial charge is 0.480 e. The molecule has 0 fully saturated rings. The first kappa shape index (κ1) is 15.0. The lowest BCUT2D eigenvalue weighted by Crippen LogP contribution is -2.28. The highest BCUT2D eigenvalue weighted by Crippen LogP contribution is 2.31. The molecule has 0 aliphatic carbocycles. The fourth-order valence-corrected chi connectivity index (χ4v) is 1.77. The van der Waals surface area contributed by atoms with Crippen molar-refractivity contribution in [3.63, 3.8) is 0 Å². The van der Waals surface area contributed by atoms with E-state index in [0.717, 1.165) is 0 Å². The molecular formula is C12H13ClN2O4. The molecule has 0 aliphatic rings. The Balaban J connectivity index is 3.08. The van der Waals surface area contributed by atoms with Crippen LogP contribution < -0.4 is 5.32 Å². The van der Waals surface area contributed by atoms with E-state index in [-0.39, 0.29) is 17.1 Å². The van der Waals surface area contributed by atoms with Crippen LogP contribution in [0.4, 0.5) is 11.4 Å². The van der Waals surface area contributed by atoms with Crippen LogP contribution in [0.5, 0.6) is 0 Å². The number of nitrogens with one attached hydrogen (secondary N) is 1. The number of aliphatic carboxylic acids is 1. The van der Waals surface area contributed by atoms with Crippen molar-refractivity contribution in [2.24, 2.45) is 0 Å². The average Bonchev–Trinajstić information content (AvgIpc) is 2.32. The molecule has 6 nitrogen and oxygen atoms in total. The highest BCUT2D eigenvalue weighted by atomic mass is 35.5. The van der Waals surface area contributed by atoms with Gasteiger partial charge in [0.1, 0.15) is 11.1 Å². The second kappa shape index (κ2) is 6.19. The molecule has 0 aromatic heterocycles. The lowest BCUT2D eigenvalue weighted by atomic mass is 10.1. The van der Waals surface area contributed by atoms with Gasteiger partial charge in [0.15, 0.2) is 0 Å². The SMILES string of the molecule is C=CCC(Nc1cc(Cl)c([N+](=O)[O-])cc1C)C(=O)O. The molecule has 19 heavy (non-hydrogen) atoms. The molecule has 2 N–H and O–H groups in total. The minimum absolute atomic E-state index is 0.0409. The number of hydrogen-bond acceptors (Lipinski definition) is 4. The molecule has 1 unspecified atom stereocenters. The number of nitrogens with zero attached hydrogens (tertiary/aromatic N) is 1. The first-order valence-electron chi connectivity index (χ1n) is 5.41. The number of rotatable bonds is 6. The molecule has 0 saturated heterocycles. The first-order valence-corrected chi connectivity index (χ1v) is 5.79. The van der Waals surface area contributed by atoms with E-state index in [0.29, 0.717) is 11.3 Å². The van der Waals surface area contributed by atoms with Crippen LogP contribution in [0.25, 0.3) is 0 Å². The third-order valence-corrected chi connectivity index (χ3v) is 2.82. The van der Waals surface area contributed by atoms with E-state index in [9.17, 15) is 14.9 Å². The van der Waals surface area contributed by atoms with Gasteiger partial charge in [-0.15, -0.1) is 6.58 Å². The maximum absolute atomic E-state index is 11.0. The topological polar surface area (TPSA) is 92.5 Å². The normalized spacial score (nSPS) is 11.7. The number of aryl methyl sites for hydroxylation is 1. The van der Waals surface area contributed by atoms with Gasteiger partial charge in [-0.2, -0.15) is 0 Å². The number of carboxylic acids is 1. The summed E-state index contributed by atoms with van der Waals surface area (Å²) in [6, 6.07) is 1.81. The molecule has 1 atom stereocenters. The zero-order valence-electron chi connectivity index (χ0n) is 10.2. The lowest BCUT2D eigenvalue weighted by molar-refractivity contribution is -0.384. The maximum atomic E-state index is 11.0. The van der Waals surface area contributed by atoms with Gasteiger partial charge in [0.25, 0.3) is 5.69 Å². The molecule has 0 saturated carbocycles.